The zero-order valence-corrected chi connectivity index (χ0v) is 25.8. The van der Waals surface area contributed by atoms with Crippen molar-refractivity contribution in [2.45, 2.75) is 57.8 Å². The quantitative estimate of drug-likeness (QED) is 0.174. The van der Waals surface area contributed by atoms with E-state index >= 15 is 0 Å². The van der Waals surface area contributed by atoms with Gasteiger partial charge in [0.05, 0.1) is 31.7 Å². The first-order valence-corrected chi connectivity index (χ1v) is 15.7. The monoisotopic (exact) mass is 596 g/mol. The topological polar surface area (TPSA) is 142 Å². The SMILES string of the molecule is CCC(C)C(CN(CC(=O)NC(CCSC)C(=O)OC)Cc1cccc2ccccc12)NC(=O)[C@@H](N)Cc1c[nH]cn1. The number of fused-ring (bicyclic) bond motifs is 1. The Bertz CT molecular complexity index is 1280. The van der Waals surface area contributed by atoms with Gasteiger partial charge in [-0.1, -0.05) is 62.7 Å². The van der Waals surface area contributed by atoms with Crippen LogP contribution in [-0.2, 0) is 32.1 Å². The lowest BCUT2D eigenvalue weighted by molar-refractivity contribution is -0.145. The van der Waals surface area contributed by atoms with Crippen LogP contribution in [0, 0.1) is 5.92 Å². The van der Waals surface area contributed by atoms with Gasteiger partial charge in [-0.25, -0.2) is 9.78 Å². The van der Waals surface area contributed by atoms with Crippen LogP contribution in [0.15, 0.2) is 55.0 Å². The molecular formula is C31H44N6O4S. The van der Waals surface area contributed by atoms with Crippen LogP contribution in [0.1, 0.15) is 37.9 Å². The van der Waals surface area contributed by atoms with Gasteiger partial charge < -0.3 is 26.1 Å². The molecule has 1 heterocycles. The molecule has 0 radical (unpaired) electrons. The molecule has 0 aliphatic carbocycles. The number of hydrogen-bond donors (Lipinski definition) is 4. The average molecular weight is 597 g/mol. The van der Waals surface area contributed by atoms with Crippen LogP contribution in [0.4, 0.5) is 0 Å². The summed E-state index contributed by atoms with van der Waals surface area (Å²) in [6, 6.07) is 12.5. The van der Waals surface area contributed by atoms with Crippen LogP contribution in [0.3, 0.4) is 0 Å². The number of rotatable bonds is 17. The molecule has 11 heteroatoms. The van der Waals surface area contributed by atoms with Crippen molar-refractivity contribution < 1.29 is 19.1 Å². The van der Waals surface area contributed by atoms with Crippen LogP contribution in [-0.4, -0.2) is 83.0 Å². The third-order valence-electron chi connectivity index (χ3n) is 7.51. The minimum atomic E-state index is -0.757. The van der Waals surface area contributed by atoms with Crippen LogP contribution in [0.25, 0.3) is 10.8 Å². The first-order valence-electron chi connectivity index (χ1n) is 14.3. The molecule has 0 fully saturated rings. The molecule has 0 aliphatic heterocycles. The van der Waals surface area contributed by atoms with Gasteiger partial charge in [-0.3, -0.25) is 14.5 Å². The van der Waals surface area contributed by atoms with E-state index in [1.54, 1.807) is 24.3 Å². The summed E-state index contributed by atoms with van der Waals surface area (Å²) < 4.78 is 4.93. The standard InChI is InChI=1S/C31H44N6O4S/c1-5-21(2)28(36-30(39)26(32)15-24-16-33-20-34-24)18-37(17-23-11-8-10-22-9-6-7-12-25(22)23)19-29(38)35-27(13-14-42-4)31(40)41-3/h6-12,16,20-21,26-28H,5,13-15,17-19,32H2,1-4H3,(H,33,34)(H,35,38)(H,36,39)/t21?,26-,27?,28?/m0/s1. The minimum Gasteiger partial charge on any atom is -0.467 e. The van der Waals surface area contributed by atoms with Gasteiger partial charge in [0.1, 0.15) is 6.04 Å². The van der Waals surface area contributed by atoms with Gasteiger partial charge in [-0.15, -0.1) is 0 Å². The predicted octanol–water partition coefficient (Wildman–Crippen LogP) is 2.88. The number of thioether (sulfide) groups is 1. The van der Waals surface area contributed by atoms with Gasteiger partial charge >= 0.3 is 5.97 Å². The van der Waals surface area contributed by atoms with E-state index in [4.69, 9.17) is 10.5 Å². The highest BCUT2D eigenvalue weighted by Crippen LogP contribution is 2.21. The lowest BCUT2D eigenvalue weighted by Crippen LogP contribution is -2.54. The van der Waals surface area contributed by atoms with Crippen LogP contribution in [0.5, 0.6) is 0 Å². The number of nitrogens with one attached hydrogen (secondary N) is 3. The number of amides is 2. The smallest absolute Gasteiger partial charge is 0.328 e. The maximum absolute atomic E-state index is 13.3. The van der Waals surface area contributed by atoms with Crippen molar-refractivity contribution in [3.63, 3.8) is 0 Å². The Morgan fingerprint density at radius 2 is 1.90 bits per heavy atom. The molecule has 5 N–H and O–H groups in total. The number of aromatic nitrogens is 2. The van der Waals surface area contributed by atoms with Crippen molar-refractivity contribution in [1.82, 2.24) is 25.5 Å². The minimum absolute atomic E-state index is 0.0398. The fraction of sp³-hybridized carbons (Fsp3) is 0.484. The van der Waals surface area contributed by atoms with Crippen molar-refractivity contribution in [2.75, 3.05) is 32.2 Å². The van der Waals surface area contributed by atoms with Crippen molar-refractivity contribution in [2.24, 2.45) is 11.7 Å². The molecule has 0 bridgehead atoms. The highest BCUT2D eigenvalue weighted by Gasteiger charge is 2.27. The summed E-state index contributed by atoms with van der Waals surface area (Å²) in [7, 11) is 1.32. The summed E-state index contributed by atoms with van der Waals surface area (Å²) >= 11 is 1.60. The Balaban J connectivity index is 1.83. The van der Waals surface area contributed by atoms with E-state index in [1.165, 1.54) is 7.11 Å². The first-order chi connectivity index (χ1) is 20.2. The molecule has 4 atom stereocenters. The molecule has 3 aromatic rings. The number of carbonyl (C=O) groups is 3. The first kappa shape index (κ1) is 33.1. The number of aromatic amines is 1. The summed E-state index contributed by atoms with van der Waals surface area (Å²) in [4.78, 5) is 48.0. The van der Waals surface area contributed by atoms with Crippen LogP contribution < -0.4 is 16.4 Å². The molecule has 3 rings (SSSR count). The summed E-state index contributed by atoms with van der Waals surface area (Å²) in [5.41, 5.74) is 8.03. The number of benzene rings is 2. The van der Waals surface area contributed by atoms with E-state index < -0.39 is 18.1 Å². The molecule has 2 amide bonds. The van der Waals surface area contributed by atoms with Gasteiger partial charge in [0, 0.05) is 31.7 Å². The van der Waals surface area contributed by atoms with Gasteiger partial charge in [0.2, 0.25) is 11.8 Å². The normalized spacial score (nSPS) is 14.2. The maximum atomic E-state index is 13.3. The van der Waals surface area contributed by atoms with Gasteiger partial charge in [0.25, 0.3) is 0 Å². The van der Waals surface area contributed by atoms with Crippen molar-refractivity contribution >= 4 is 40.3 Å². The number of nitrogens with zero attached hydrogens (tertiary/aromatic N) is 2. The van der Waals surface area contributed by atoms with E-state index in [0.717, 1.165) is 22.8 Å². The molecule has 3 unspecified atom stereocenters. The number of nitrogens with two attached hydrogens (primary N) is 1. The zero-order chi connectivity index (χ0) is 30.5. The third kappa shape index (κ3) is 9.85. The lowest BCUT2D eigenvalue weighted by atomic mass is 9.97. The molecule has 2 aromatic carbocycles. The molecule has 42 heavy (non-hydrogen) atoms. The number of H-pyrrole nitrogens is 1. The molecule has 10 nitrogen and oxygen atoms in total. The van der Waals surface area contributed by atoms with Crippen molar-refractivity contribution in [3.05, 3.63) is 66.2 Å². The highest BCUT2D eigenvalue weighted by atomic mass is 32.2. The maximum Gasteiger partial charge on any atom is 0.328 e. The average Bonchev–Trinajstić information content (AvgIpc) is 3.51. The van der Waals surface area contributed by atoms with Gasteiger partial charge in [-0.05, 0) is 40.7 Å². The van der Waals surface area contributed by atoms with E-state index in [0.29, 0.717) is 37.4 Å². The van der Waals surface area contributed by atoms with Crippen LogP contribution >= 0.6 is 11.8 Å². The Labute approximate surface area is 252 Å². The Hall–Kier alpha value is -3.41. The van der Waals surface area contributed by atoms with Gasteiger partial charge in [-0.2, -0.15) is 11.8 Å². The molecule has 1 aromatic heterocycles. The zero-order valence-electron chi connectivity index (χ0n) is 25.0. The number of imidazole rings is 1. The molecule has 0 saturated carbocycles. The number of ether oxygens (including phenoxy) is 1. The van der Waals surface area contributed by atoms with E-state index in [-0.39, 0.29) is 30.3 Å². The van der Waals surface area contributed by atoms with Crippen LogP contribution in [0.2, 0.25) is 0 Å². The molecule has 0 aliphatic rings. The Morgan fingerprint density at radius 3 is 2.60 bits per heavy atom. The second-order valence-electron chi connectivity index (χ2n) is 10.6. The van der Waals surface area contributed by atoms with E-state index in [2.05, 4.69) is 58.7 Å². The molecule has 228 valence electrons. The predicted molar refractivity (Wildman–Crippen MR) is 168 cm³/mol. The largest absolute Gasteiger partial charge is 0.467 e. The summed E-state index contributed by atoms with van der Waals surface area (Å²) in [6.07, 6.45) is 6.85. The summed E-state index contributed by atoms with van der Waals surface area (Å²) in [5.74, 6) is -0.181. The lowest BCUT2D eigenvalue weighted by Gasteiger charge is -2.32. The fourth-order valence-electron chi connectivity index (χ4n) is 4.87. The molecular weight excluding hydrogens is 552 g/mol. The fourth-order valence-corrected chi connectivity index (χ4v) is 5.34. The summed E-state index contributed by atoms with van der Waals surface area (Å²) in [5, 5.41) is 8.23. The number of carbonyl (C=O) groups excluding carboxylic acids is 3. The van der Waals surface area contributed by atoms with Gasteiger partial charge in [0.15, 0.2) is 0 Å². The summed E-state index contributed by atoms with van der Waals surface area (Å²) in [6.45, 7) is 5.08. The molecule has 0 spiro atoms. The number of methoxy groups -OCH3 is 1. The highest BCUT2D eigenvalue weighted by molar-refractivity contribution is 7.98. The third-order valence-corrected chi connectivity index (χ3v) is 8.15. The van der Waals surface area contributed by atoms with E-state index in [9.17, 15) is 14.4 Å². The van der Waals surface area contributed by atoms with Crippen molar-refractivity contribution in [1.29, 1.82) is 0 Å². The van der Waals surface area contributed by atoms with E-state index in [1.807, 2.05) is 29.4 Å². The Kier molecular flexibility index (Phi) is 13.3. The second kappa shape index (κ2) is 16.9. The number of esters is 1. The van der Waals surface area contributed by atoms with Crippen molar-refractivity contribution in [3.8, 4) is 0 Å². The Morgan fingerprint density at radius 1 is 1.14 bits per heavy atom. The molecule has 0 saturated heterocycles. The second-order valence-corrected chi connectivity index (χ2v) is 11.6. The number of hydrogen-bond acceptors (Lipinski definition) is 8.